The van der Waals surface area contributed by atoms with Gasteiger partial charge in [0.15, 0.2) is 0 Å². The minimum atomic E-state index is -0.842. The van der Waals surface area contributed by atoms with Gasteiger partial charge >= 0.3 is 5.97 Å². The number of carbonyl (C=O) groups is 3. The summed E-state index contributed by atoms with van der Waals surface area (Å²) >= 11 is 1.46. The number of aliphatic carboxylic acids is 1. The monoisotopic (exact) mass is 324 g/mol. The van der Waals surface area contributed by atoms with Gasteiger partial charge < -0.3 is 15.7 Å². The van der Waals surface area contributed by atoms with E-state index < -0.39 is 11.9 Å². The number of carboxylic acid groups (broad SMARTS) is 1. The molecule has 22 heavy (non-hydrogen) atoms. The highest BCUT2D eigenvalue weighted by atomic mass is 32.1. The number of carboxylic acids is 1. The lowest BCUT2D eigenvalue weighted by atomic mass is 10.0. The highest BCUT2D eigenvalue weighted by Gasteiger charge is 2.33. The first-order valence-electron chi connectivity index (χ1n) is 7.40. The Morgan fingerprint density at radius 2 is 2.14 bits per heavy atom. The molecule has 0 aliphatic heterocycles. The SMILES string of the molecule is O=C(CCCNC(=O)c1ccsc1)N[C@H]1CCC[C@H]1C(=O)O. The predicted octanol–water partition coefficient (Wildman–Crippen LogP) is 1.63. The molecule has 2 amide bonds. The van der Waals surface area contributed by atoms with Crippen LogP contribution in [0.3, 0.4) is 0 Å². The Morgan fingerprint density at radius 1 is 1.32 bits per heavy atom. The average molecular weight is 324 g/mol. The second kappa shape index (κ2) is 7.93. The van der Waals surface area contributed by atoms with Crippen LogP contribution in [0.5, 0.6) is 0 Å². The number of thiophene rings is 1. The topological polar surface area (TPSA) is 95.5 Å². The van der Waals surface area contributed by atoms with E-state index in [1.165, 1.54) is 11.3 Å². The first-order valence-corrected chi connectivity index (χ1v) is 8.35. The van der Waals surface area contributed by atoms with Gasteiger partial charge in [-0.15, -0.1) is 0 Å². The minimum Gasteiger partial charge on any atom is -0.481 e. The molecule has 1 aromatic rings. The van der Waals surface area contributed by atoms with Gasteiger partial charge in [-0.2, -0.15) is 11.3 Å². The third-order valence-electron chi connectivity index (χ3n) is 3.83. The molecule has 6 nitrogen and oxygen atoms in total. The maximum Gasteiger partial charge on any atom is 0.308 e. The van der Waals surface area contributed by atoms with Crippen LogP contribution in [-0.4, -0.2) is 35.5 Å². The lowest BCUT2D eigenvalue weighted by molar-refractivity contribution is -0.142. The van der Waals surface area contributed by atoms with Crippen LogP contribution in [0.25, 0.3) is 0 Å². The van der Waals surface area contributed by atoms with E-state index >= 15 is 0 Å². The molecule has 1 fully saturated rings. The molecule has 0 bridgehead atoms. The molecule has 1 aromatic heterocycles. The van der Waals surface area contributed by atoms with Crippen LogP contribution in [0.4, 0.5) is 0 Å². The molecule has 1 heterocycles. The maximum absolute atomic E-state index is 11.8. The van der Waals surface area contributed by atoms with Crippen molar-refractivity contribution >= 4 is 29.1 Å². The fourth-order valence-corrected chi connectivity index (χ4v) is 3.29. The molecule has 0 spiro atoms. The van der Waals surface area contributed by atoms with Crippen LogP contribution in [0.15, 0.2) is 16.8 Å². The molecule has 0 unspecified atom stereocenters. The van der Waals surface area contributed by atoms with E-state index in [9.17, 15) is 14.4 Å². The number of rotatable bonds is 7. The van der Waals surface area contributed by atoms with Gasteiger partial charge in [0, 0.05) is 30.0 Å². The van der Waals surface area contributed by atoms with E-state index in [-0.39, 0.29) is 24.3 Å². The van der Waals surface area contributed by atoms with Crippen LogP contribution < -0.4 is 10.6 Å². The lowest BCUT2D eigenvalue weighted by Crippen LogP contribution is -2.40. The zero-order valence-electron chi connectivity index (χ0n) is 12.2. The highest BCUT2D eigenvalue weighted by molar-refractivity contribution is 7.08. The molecular weight excluding hydrogens is 304 g/mol. The standard InChI is InChI=1S/C15H20N2O4S/c18-13(17-12-4-1-3-11(12)15(20)21)5-2-7-16-14(19)10-6-8-22-9-10/h6,8-9,11-12H,1-5,7H2,(H,16,19)(H,17,18)(H,20,21)/t11-,12+/m1/s1. The fourth-order valence-electron chi connectivity index (χ4n) is 2.65. The van der Waals surface area contributed by atoms with E-state index in [0.717, 1.165) is 12.8 Å². The predicted molar refractivity (Wildman–Crippen MR) is 82.8 cm³/mol. The highest BCUT2D eigenvalue weighted by Crippen LogP contribution is 2.25. The summed E-state index contributed by atoms with van der Waals surface area (Å²) in [6.45, 7) is 0.426. The summed E-state index contributed by atoms with van der Waals surface area (Å²) in [5.74, 6) is -1.60. The first kappa shape index (κ1) is 16.5. The Kier molecular flexibility index (Phi) is 5.94. The Bertz CT molecular complexity index is 530. The number of hydrogen-bond acceptors (Lipinski definition) is 4. The fraction of sp³-hybridized carbons (Fsp3) is 0.533. The molecule has 120 valence electrons. The number of amides is 2. The van der Waals surface area contributed by atoms with E-state index in [1.807, 2.05) is 5.38 Å². The third-order valence-corrected chi connectivity index (χ3v) is 4.51. The van der Waals surface area contributed by atoms with Crippen molar-refractivity contribution in [2.24, 2.45) is 5.92 Å². The second-order valence-corrected chi connectivity index (χ2v) is 6.20. The van der Waals surface area contributed by atoms with Crippen molar-refractivity contribution in [2.75, 3.05) is 6.54 Å². The molecule has 1 aliphatic rings. The molecule has 2 atom stereocenters. The molecule has 0 aromatic carbocycles. The van der Waals surface area contributed by atoms with Gasteiger partial charge in [-0.1, -0.05) is 6.42 Å². The Labute approximate surface area is 132 Å². The summed E-state index contributed by atoms with van der Waals surface area (Å²) in [5.41, 5.74) is 0.629. The van der Waals surface area contributed by atoms with Gasteiger partial charge in [0.05, 0.1) is 5.92 Å². The summed E-state index contributed by atoms with van der Waals surface area (Å²) in [6, 6.07) is 1.49. The van der Waals surface area contributed by atoms with Crippen molar-refractivity contribution < 1.29 is 19.5 Å². The first-order chi connectivity index (χ1) is 10.6. The Hall–Kier alpha value is -1.89. The molecule has 2 rings (SSSR count). The molecule has 3 N–H and O–H groups in total. The van der Waals surface area contributed by atoms with Crippen LogP contribution in [0, 0.1) is 5.92 Å². The van der Waals surface area contributed by atoms with Gasteiger partial charge in [-0.05, 0) is 30.7 Å². The third kappa shape index (κ3) is 4.56. The van der Waals surface area contributed by atoms with Crippen LogP contribution in [0.1, 0.15) is 42.5 Å². The summed E-state index contributed by atoms with van der Waals surface area (Å²) in [4.78, 5) is 34.5. The Balaban J connectivity index is 1.64. The van der Waals surface area contributed by atoms with Crippen molar-refractivity contribution in [1.29, 1.82) is 0 Å². The summed E-state index contributed by atoms with van der Waals surface area (Å²) in [7, 11) is 0. The quantitative estimate of drug-likeness (QED) is 0.664. The second-order valence-electron chi connectivity index (χ2n) is 5.42. The van der Waals surface area contributed by atoms with Gasteiger partial charge in [0.25, 0.3) is 5.91 Å². The van der Waals surface area contributed by atoms with E-state index in [2.05, 4.69) is 10.6 Å². The number of carbonyl (C=O) groups excluding carboxylic acids is 2. The van der Waals surface area contributed by atoms with E-state index in [4.69, 9.17) is 5.11 Å². The smallest absolute Gasteiger partial charge is 0.308 e. The molecule has 1 saturated carbocycles. The van der Waals surface area contributed by atoms with Crippen molar-refractivity contribution in [3.63, 3.8) is 0 Å². The lowest BCUT2D eigenvalue weighted by Gasteiger charge is -2.17. The number of hydrogen-bond donors (Lipinski definition) is 3. The zero-order valence-corrected chi connectivity index (χ0v) is 13.0. The van der Waals surface area contributed by atoms with Gasteiger partial charge in [0.1, 0.15) is 0 Å². The molecular formula is C15H20N2O4S. The summed E-state index contributed by atoms with van der Waals surface area (Å²) in [6.07, 6.45) is 2.99. The van der Waals surface area contributed by atoms with Crippen molar-refractivity contribution in [2.45, 2.75) is 38.1 Å². The largest absolute Gasteiger partial charge is 0.481 e. The van der Waals surface area contributed by atoms with Crippen molar-refractivity contribution in [1.82, 2.24) is 10.6 Å². The molecule has 1 aliphatic carbocycles. The normalized spacial score (nSPS) is 20.5. The van der Waals surface area contributed by atoms with Crippen LogP contribution >= 0.6 is 11.3 Å². The molecule has 0 saturated heterocycles. The van der Waals surface area contributed by atoms with E-state index in [0.29, 0.717) is 24.9 Å². The Morgan fingerprint density at radius 3 is 2.82 bits per heavy atom. The average Bonchev–Trinajstić information content (AvgIpc) is 3.14. The van der Waals surface area contributed by atoms with Gasteiger partial charge in [0.2, 0.25) is 5.91 Å². The molecule has 0 radical (unpaired) electrons. The van der Waals surface area contributed by atoms with Crippen molar-refractivity contribution in [3.05, 3.63) is 22.4 Å². The van der Waals surface area contributed by atoms with E-state index in [1.54, 1.807) is 11.4 Å². The van der Waals surface area contributed by atoms with Gasteiger partial charge in [-0.25, -0.2) is 0 Å². The number of nitrogens with one attached hydrogen (secondary N) is 2. The summed E-state index contributed by atoms with van der Waals surface area (Å²) in [5, 5.41) is 18.2. The van der Waals surface area contributed by atoms with Crippen LogP contribution in [-0.2, 0) is 9.59 Å². The minimum absolute atomic E-state index is 0.136. The summed E-state index contributed by atoms with van der Waals surface area (Å²) < 4.78 is 0. The van der Waals surface area contributed by atoms with Crippen molar-refractivity contribution in [3.8, 4) is 0 Å². The zero-order chi connectivity index (χ0) is 15.9. The van der Waals surface area contributed by atoms with Crippen LogP contribution in [0.2, 0.25) is 0 Å². The molecule has 7 heteroatoms. The van der Waals surface area contributed by atoms with Gasteiger partial charge in [-0.3, -0.25) is 14.4 Å². The maximum atomic E-state index is 11.8.